The van der Waals surface area contributed by atoms with Gasteiger partial charge in [-0.15, -0.1) is 0 Å². The molecule has 2 aromatic carbocycles. The van der Waals surface area contributed by atoms with Crippen molar-refractivity contribution in [1.29, 1.82) is 0 Å². The Labute approximate surface area is 210 Å². The molecule has 10 heteroatoms. The second-order valence-electron chi connectivity index (χ2n) is 9.14. The molecule has 1 aliphatic carbocycles. The summed E-state index contributed by atoms with van der Waals surface area (Å²) < 4.78 is 40.7. The first-order valence-electron chi connectivity index (χ1n) is 11.9. The minimum Gasteiger partial charge on any atom is -0.351 e. The van der Waals surface area contributed by atoms with Crippen LogP contribution in [-0.4, -0.2) is 49.7 Å². The highest BCUT2D eigenvalue weighted by atomic mass is 35.5. The average Bonchev–Trinajstić information content (AvgIpc) is 2.86. The fraction of sp³-hybridized carbons (Fsp3) is 0.440. The largest absolute Gasteiger partial charge is 0.351 e. The van der Waals surface area contributed by atoms with Gasteiger partial charge in [-0.1, -0.05) is 24.4 Å². The maximum atomic E-state index is 13.2. The summed E-state index contributed by atoms with van der Waals surface area (Å²) in [5.74, 6) is -1.40. The van der Waals surface area contributed by atoms with Crippen molar-refractivity contribution in [1.82, 2.24) is 14.9 Å². The maximum Gasteiger partial charge on any atom is 0.251 e. The van der Waals surface area contributed by atoms with Gasteiger partial charge >= 0.3 is 0 Å². The molecule has 0 radical (unpaired) electrons. The van der Waals surface area contributed by atoms with Crippen molar-refractivity contribution in [3.05, 3.63) is 64.9 Å². The van der Waals surface area contributed by atoms with E-state index in [1.807, 2.05) is 0 Å². The molecule has 2 aromatic rings. The van der Waals surface area contributed by atoms with Crippen LogP contribution in [0.25, 0.3) is 0 Å². The summed E-state index contributed by atoms with van der Waals surface area (Å²) in [5, 5.41) is 6.50. The summed E-state index contributed by atoms with van der Waals surface area (Å²) in [4.78, 5) is 25.9. The third kappa shape index (κ3) is 6.20. The summed E-state index contributed by atoms with van der Waals surface area (Å²) in [5.41, 5.74) is 0.359. The van der Waals surface area contributed by atoms with Crippen molar-refractivity contribution in [2.24, 2.45) is 5.92 Å². The van der Waals surface area contributed by atoms with E-state index in [1.54, 1.807) is 0 Å². The first-order chi connectivity index (χ1) is 16.7. The van der Waals surface area contributed by atoms with Crippen LogP contribution in [-0.2, 0) is 14.8 Å². The van der Waals surface area contributed by atoms with Gasteiger partial charge in [0.25, 0.3) is 5.91 Å². The lowest BCUT2D eigenvalue weighted by atomic mass is 9.89. The second kappa shape index (κ2) is 11.1. The Morgan fingerprint density at radius 1 is 0.886 bits per heavy atom. The highest BCUT2D eigenvalue weighted by Gasteiger charge is 2.35. The number of sulfonamides is 1. The number of hydrogen-bond acceptors (Lipinski definition) is 4. The molecule has 2 amide bonds. The summed E-state index contributed by atoms with van der Waals surface area (Å²) in [6, 6.07) is 10.8. The van der Waals surface area contributed by atoms with Crippen LogP contribution in [0.2, 0.25) is 5.02 Å². The minimum absolute atomic E-state index is 0.107. The van der Waals surface area contributed by atoms with Crippen molar-refractivity contribution in [3.63, 3.8) is 0 Å². The summed E-state index contributed by atoms with van der Waals surface area (Å²) in [7, 11) is -3.73. The molecule has 0 spiro atoms. The number of nitrogens with zero attached hydrogens (tertiary/aromatic N) is 1. The lowest BCUT2D eigenvalue weighted by Gasteiger charge is -2.36. The van der Waals surface area contributed by atoms with Crippen LogP contribution >= 0.6 is 11.6 Å². The van der Waals surface area contributed by atoms with E-state index in [1.165, 1.54) is 52.8 Å². The predicted octanol–water partition coefficient (Wildman–Crippen LogP) is 3.74. The van der Waals surface area contributed by atoms with Gasteiger partial charge in [0.05, 0.1) is 10.8 Å². The highest BCUT2D eigenvalue weighted by Crippen LogP contribution is 2.26. The van der Waals surface area contributed by atoms with Gasteiger partial charge in [-0.05, 0) is 74.2 Å². The Morgan fingerprint density at radius 3 is 2.17 bits per heavy atom. The number of piperidine rings is 1. The topological polar surface area (TPSA) is 95.6 Å². The number of carbonyl (C=O) groups excluding carboxylic acids is 2. The molecule has 35 heavy (non-hydrogen) atoms. The van der Waals surface area contributed by atoms with Gasteiger partial charge < -0.3 is 10.6 Å². The molecule has 2 fully saturated rings. The zero-order valence-electron chi connectivity index (χ0n) is 19.3. The van der Waals surface area contributed by atoms with E-state index in [4.69, 9.17) is 11.6 Å². The lowest BCUT2D eigenvalue weighted by molar-refractivity contribution is -0.127. The molecule has 2 unspecified atom stereocenters. The number of carbonyl (C=O) groups is 2. The molecule has 0 aromatic heterocycles. The van der Waals surface area contributed by atoms with Crippen LogP contribution in [0.3, 0.4) is 0 Å². The van der Waals surface area contributed by atoms with E-state index in [0.717, 1.165) is 25.7 Å². The standard InChI is InChI=1S/C25H29ClFN3O4S/c26-19-9-13-21(14-10-19)35(33,34)30-15-3-4-18(16-30)25(32)29-23-6-2-1-5-22(23)28-24(31)17-7-11-20(27)12-8-17/h7-14,18,22-23H,1-6,15-16H2,(H,28,31)(H,29,32)/t18?,22-,23?/m1/s1. The van der Waals surface area contributed by atoms with Crippen LogP contribution in [0, 0.1) is 11.7 Å². The van der Waals surface area contributed by atoms with E-state index >= 15 is 0 Å². The lowest BCUT2D eigenvalue weighted by Crippen LogP contribution is -2.55. The fourth-order valence-corrected chi connectivity index (χ4v) is 6.41. The van der Waals surface area contributed by atoms with Crippen LogP contribution in [0.15, 0.2) is 53.4 Å². The van der Waals surface area contributed by atoms with Gasteiger partial charge in [0.1, 0.15) is 5.82 Å². The predicted molar refractivity (Wildman–Crippen MR) is 131 cm³/mol. The van der Waals surface area contributed by atoms with Crippen LogP contribution in [0.5, 0.6) is 0 Å². The van der Waals surface area contributed by atoms with E-state index in [0.29, 0.717) is 30.0 Å². The van der Waals surface area contributed by atoms with E-state index in [-0.39, 0.29) is 35.3 Å². The van der Waals surface area contributed by atoms with Crippen molar-refractivity contribution < 1.29 is 22.4 Å². The van der Waals surface area contributed by atoms with Gasteiger partial charge in [-0.2, -0.15) is 4.31 Å². The Morgan fingerprint density at radius 2 is 1.51 bits per heavy atom. The van der Waals surface area contributed by atoms with Gasteiger partial charge in [0, 0.05) is 35.8 Å². The normalized spacial score (nSPS) is 23.4. The van der Waals surface area contributed by atoms with E-state index in [9.17, 15) is 22.4 Å². The fourth-order valence-electron chi connectivity index (χ4n) is 4.76. The molecule has 3 atom stereocenters. The molecule has 2 aliphatic rings. The molecule has 1 heterocycles. The SMILES string of the molecule is O=C(N[C@@H]1CCCCC1NC(=O)C1CCCN(S(=O)(=O)c2ccc(Cl)cc2)C1)c1ccc(F)cc1. The van der Waals surface area contributed by atoms with Crippen LogP contribution < -0.4 is 10.6 Å². The second-order valence-corrected chi connectivity index (χ2v) is 11.5. The number of nitrogens with one attached hydrogen (secondary N) is 2. The number of rotatable bonds is 6. The minimum atomic E-state index is -3.73. The third-order valence-electron chi connectivity index (χ3n) is 6.72. The monoisotopic (exact) mass is 521 g/mol. The quantitative estimate of drug-likeness (QED) is 0.605. The number of benzene rings is 2. The first-order valence-corrected chi connectivity index (χ1v) is 13.7. The molecule has 1 saturated carbocycles. The first kappa shape index (κ1) is 25.6. The van der Waals surface area contributed by atoms with Crippen molar-refractivity contribution in [2.75, 3.05) is 13.1 Å². The Bertz CT molecular complexity index is 1160. The summed E-state index contributed by atoms with van der Waals surface area (Å²) >= 11 is 5.89. The van der Waals surface area contributed by atoms with Crippen molar-refractivity contribution >= 4 is 33.4 Å². The van der Waals surface area contributed by atoms with Crippen molar-refractivity contribution in [2.45, 2.75) is 55.5 Å². The molecule has 1 saturated heterocycles. The molecule has 1 aliphatic heterocycles. The average molecular weight is 522 g/mol. The molecule has 4 rings (SSSR count). The smallest absolute Gasteiger partial charge is 0.251 e. The number of halogens is 2. The number of amides is 2. The van der Waals surface area contributed by atoms with Crippen molar-refractivity contribution in [3.8, 4) is 0 Å². The van der Waals surface area contributed by atoms with Crippen LogP contribution in [0.4, 0.5) is 4.39 Å². The van der Waals surface area contributed by atoms with Gasteiger partial charge in [0.15, 0.2) is 0 Å². The summed E-state index contributed by atoms with van der Waals surface area (Å²) in [6.45, 7) is 0.463. The van der Waals surface area contributed by atoms with Gasteiger partial charge in [-0.25, -0.2) is 12.8 Å². The highest BCUT2D eigenvalue weighted by molar-refractivity contribution is 7.89. The molecular weight excluding hydrogens is 493 g/mol. The molecular formula is C25H29ClFN3O4S. The Balaban J connectivity index is 1.39. The van der Waals surface area contributed by atoms with E-state index < -0.39 is 21.8 Å². The molecule has 0 bridgehead atoms. The van der Waals surface area contributed by atoms with Gasteiger partial charge in [0.2, 0.25) is 15.9 Å². The van der Waals surface area contributed by atoms with Gasteiger partial charge in [-0.3, -0.25) is 9.59 Å². The Hall–Kier alpha value is -2.49. The Kier molecular flexibility index (Phi) is 8.09. The molecule has 2 N–H and O–H groups in total. The zero-order chi connectivity index (χ0) is 25.0. The summed E-state index contributed by atoms with van der Waals surface area (Å²) in [6.07, 6.45) is 4.48. The maximum absolute atomic E-state index is 13.2. The zero-order valence-corrected chi connectivity index (χ0v) is 20.8. The molecule has 7 nitrogen and oxygen atoms in total. The third-order valence-corrected chi connectivity index (χ3v) is 8.85. The number of hydrogen-bond donors (Lipinski definition) is 2. The van der Waals surface area contributed by atoms with Crippen LogP contribution in [0.1, 0.15) is 48.9 Å². The van der Waals surface area contributed by atoms with E-state index in [2.05, 4.69) is 10.6 Å². The molecule has 188 valence electrons.